The second-order valence-electron chi connectivity index (χ2n) is 6.28. The summed E-state index contributed by atoms with van der Waals surface area (Å²) in [6.07, 6.45) is 0. The molecule has 1 heterocycles. The highest BCUT2D eigenvalue weighted by Gasteiger charge is 2.22. The monoisotopic (exact) mass is 288 g/mol. The zero-order valence-corrected chi connectivity index (χ0v) is 12.9. The zero-order valence-electron chi connectivity index (χ0n) is 12.9. The summed E-state index contributed by atoms with van der Waals surface area (Å²) in [7, 11) is 1.71. The van der Waals surface area contributed by atoms with Crippen molar-refractivity contribution in [3.63, 3.8) is 0 Å². The van der Waals surface area contributed by atoms with E-state index in [4.69, 9.17) is 5.11 Å². The first-order valence-corrected chi connectivity index (χ1v) is 6.73. The minimum Gasteiger partial charge on any atom is -0.507 e. The van der Waals surface area contributed by atoms with E-state index in [0.29, 0.717) is 5.69 Å². The van der Waals surface area contributed by atoms with Crippen LogP contribution >= 0.6 is 0 Å². The Balaban J connectivity index is 2.65. The van der Waals surface area contributed by atoms with E-state index in [0.717, 1.165) is 16.7 Å². The molecular weight excluding hydrogens is 268 g/mol. The van der Waals surface area contributed by atoms with Gasteiger partial charge in [0.1, 0.15) is 5.75 Å². The fraction of sp³-hybridized carbons (Fsp3) is 0.375. The molecule has 1 aromatic heterocycles. The molecule has 0 unspecified atom stereocenters. The lowest BCUT2D eigenvalue weighted by Crippen LogP contribution is -2.12. The number of hydrogen-bond donors (Lipinski definition) is 2. The van der Waals surface area contributed by atoms with Crippen molar-refractivity contribution in [3.05, 3.63) is 35.0 Å². The Labute approximate surface area is 123 Å². The molecule has 0 bridgehead atoms. The molecule has 0 saturated carbocycles. The Morgan fingerprint density at radius 2 is 1.86 bits per heavy atom. The molecule has 2 rings (SSSR count). The highest BCUT2D eigenvalue weighted by molar-refractivity contribution is 5.87. The molecule has 5 nitrogen and oxygen atoms in total. The van der Waals surface area contributed by atoms with Gasteiger partial charge in [0.25, 0.3) is 0 Å². The maximum Gasteiger partial charge on any atom is 0.356 e. The van der Waals surface area contributed by atoms with E-state index in [-0.39, 0.29) is 16.9 Å². The highest BCUT2D eigenvalue weighted by Crippen LogP contribution is 2.36. The van der Waals surface area contributed by atoms with Crippen LogP contribution in [0, 0.1) is 6.92 Å². The Kier molecular flexibility index (Phi) is 3.53. The molecule has 21 heavy (non-hydrogen) atoms. The number of benzene rings is 1. The van der Waals surface area contributed by atoms with E-state index >= 15 is 0 Å². The third-order valence-corrected chi connectivity index (χ3v) is 3.50. The number of phenols is 1. The average molecular weight is 288 g/mol. The van der Waals surface area contributed by atoms with Gasteiger partial charge < -0.3 is 10.2 Å². The molecule has 0 aliphatic rings. The number of phenolic OH excluding ortho intramolecular Hbond substituents is 1. The van der Waals surface area contributed by atoms with Crippen LogP contribution in [-0.2, 0) is 12.5 Å². The molecule has 0 radical (unpaired) electrons. The van der Waals surface area contributed by atoms with Gasteiger partial charge in [-0.3, -0.25) is 4.68 Å². The molecule has 0 saturated heterocycles. The van der Waals surface area contributed by atoms with Crippen LogP contribution in [-0.4, -0.2) is 26.0 Å². The van der Waals surface area contributed by atoms with Gasteiger partial charge in [-0.1, -0.05) is 20.8 Å². The summed E-state index contributed by atoms with van der Waals surface area (Å²) in [5.74, 6) is -0.768. The number of nitrogens with zero attached hydrogens (tertiary/aromatic N) is 2. The van der Waals surface area contributed by atoms with E-state index in [9.17, 15) is 9.90 Å². The maximum atomic E-state index is 11.0. The molecule has 5 heteroatoms. The van der Waals surface area contributed by atoms with Crippen molar-refractivity contribution < 1.29 is 15.0 Å². The normalized spacial score (nSPS) is 11.7. The van der Waals surface area contributed by atoms with Crippen LogP contribution in [0.3, 0.4) is 0 Å². The second-order valence-corrected chi connectivity index (χ2v) is 6.28. The summed E-state index contributed by atoms with van der Waals surface area (Å²) in [6, 6.07) is 5.28. The predicted octanol–water partition coefficient (Wildman–Crippen LogP) is 3.10. The molecule has 0 atom stereocenters. The summed E-state index contributed by atoms with van der Waals surface area (Å²) < 4.78 is 1.54. The second kappa shape index (κ2) is 4.91. The Morgan fingerprint density at radius 3 is 2.33 bits per heavy atom. The topological polar surface area (TPSA) is 75.3 Å². The van der Waals surface area contributed by atoms with Crippen LogP contribution < -0.4 is 0 Å². The lowest BCUT2D eigenvalue weighted by Gasteiger charge is -2.22. The number of carboxylic acid groups (broad SMARTS) is 1. The van der Waals surface area contributed by atoms with E-state index < -0.39 is 5.97 Å². The molecular formula is C16H20N2O3. The van der Waals surface area contributed by atoms with E-state index in [1.54, 1.807) is 17.8 Å². The zero-order chi connectivity index (χ0) is 15.9. The Morgan fingerprint density at radius 1 is 1.24 bits per heavy atom. The quantitative estimate of drug-likeness (QED) is 0.890. The number of carbonyl (C=O) groups is 1. The van der Waals surface area contributed by atoms with Gasteiger partial charge in [-0.15, -0.1) is 0 Å². The minimum absolute atomic E-state index is 0.00976. The molecule has 2 N–H and O–H groups in total. The number of aromatic carboxylic acids is 1. The van der Waals surface area contributed by atoms with E-state index in [1.165, 1.54) is 0 Å². The van der Waals surface area contributed by atoms with Crippen molar-refractivity contribution in [1.82, 2.24) is 9.78 Å². The van der Waals surface area contributed by atoms with Gasteiger partial charge in [0.2, 0.25) is 0 Å². The van der Waals surface area contributed by atoms with Crippen LogP contribution in [0.25, 0.3) is 11.3 Å². The summed E-state index contributed by atoms with van der Waals surface area (Å²) in [4.78, 5) is 11.0. The van der Waals surface area contributed by atoms with Gasteiger partial charge in [-0.25, -0.2) is 4.79 Å². The van der Waals surface area contributed by atoms with Gasteiger partial charge in [0.15, 0.2) is 5.69 Å². The van der Waals surface area contributed by atoms with E-state index in [1.807, 2.05) is 39.8 Å². The van der Waals surface area contributed by atoms with Crippen LogP contribution in [0.1, 0.15) is 42.4 Å². The number of aromatic nitrogens is 2. The largest absolute Gasteiger partial charge is 0.507 e. The van der Waals surface area contributed by atoms with Crippen LogP contribution in [0.5, 0.6) is 5.75 Å². The molecule has 2 aromatic rings. The number of aromatic hydroxyl groups is 1. The third-order valence-electron chi connectivity index (χ3n) is 3.50. The fourth-order valence-electron chi connectivity index (χ4n) is 2.34. The smallest absolute Gasteiger partial charge is 0.356 e. The lowest BCUT2D eigenvalue weighted by atomic mass is 9.84. The van der Waals surface area contributed by atoms with Gasteiger partial charge in [0, 0.05) is 18.2 Å². The molecule has 0 spiro atoms. The maximum absolute atomic E-state index is 11.0. The first-order chi connectivity index (χ1) is 9.61. The van der Waals surface area contributed by atoms with Crippen LogP contribution in [0.4, 0.5) is 0 Å². The Hall–Kier alpha value is -2.30. The molecule has 0 aliphatic heterocycles. The minimum atomic E-state index is -1.05. The third kappa shape index (κ3) is 2.77. The standard InChI is InChI=1S/C16H20N2O3/c1-9-6-10(7-11(14(9)19)16(2,3)4)13-8-12(15(20)21)17-18(13)5/h6-8,19H,1-5H3,(H,20,21). The van der Waals surface area contributed by atoms with Crippen molar-refractivity contribution in [2.75, 3.05) is 0 Å². The summed E-state index contributed by atoms with van der Waals surface area (Å²) in [6.45, 7) is 7.91. The van der Waals surface area contributed by atoms with Gasteiger partial charge in [-0.2, -0.15) is 5.10 Å². The molecule has 0 amide bonds. The van der Waals surface area contributed by atoms with Crippen molar-refractivity contribution in [2.45, 2.75) is 33.1 Å². The van der Waals surface area contributed by atoms with Crippen molar-refractivity contribution in [3.8, 4) is 17.0 Å². The fourth-order valence-corrected chi connectivity index (χ4v) is 2.34. The van der Waals surface area contributed by atoms with Gasteiger partial charge in [0.05, 0.1) is 5.69 Å². The van der Waals surface area contributed by atoms with Crippen LogP contribution in [0.2, 0.25) is 0 Å². The lowest BCUT2D eigenvalue weighted by molar-refractivity contribution is 0.0689. The highest BCUT2D eigenvalue weighted by atomic mass is 16.4. The van der Waals surface area contributed by atoms with Crippen molar-refractivity contribution >= 4 is 5.97 Å². The molecule has 0 fully saturated rings. The first kappa shape index (κ1) is 15.1. The molecule has 0 aliphatic carbocycles. The predicted molar refractivity (Wildman–Crippen MR) is 80.7 cm³/mol. The summed E-state index contributed by atoms with van der Waals surface area (Å²) >= 11 is 0. The number of aryl methyl sites for hydroxylation is 2. The SMILES string of the molecule is Cc1cc(-c2cc(C(=O)O)nn2C)cc(C(C)(C)C)c1O. The Bertz CT molecular complexity index is 709. The van der Waals surface area contributed by atoms with Crippen LogP contribution in [0.15, 0.2) is 18.2 Å². The molecule has 1 aromatic carbocycles. The van der Waals surface area contributed by atoms with E-state index in [2.05, 4.69) is 5.10 Å². The number of rotatable bonds is 2. The number of hydrogen-bond acceptors (Lipinski definition) is 3. The summed E-state index contributed by atoms with van der Waals surface area (Å²) in [5, 5.41) is 23.3. The average Bonchev–Trinajstić information content (AvgIpc) is 2.73. The van der Waals surface area contributed by atoms with Gasteiger partial charge >= 0.3 is 5.97 Å². The summed E-state index contributed by atoms with van der Waals surface area (Å²) in [5.41, 5.74) is 2.94. The first-order valence-electron chi connectivity index (χ1n) is 6.73. The number of carboxylic acids is 1. The van der Waals surface area contributed by atoms with Gasteiger partial charge in [-0.05, 0) is 36.1 Å². The van der Waals surface area contributed by atoms with Crippen molar-refractivity contribution in [2.24, 2.45) is 7.05 Å². The molecule has 112 valence electrons. The van der Waals surface area contributed by atoms with Crippen molar-refractivity contribution in [1.29, 1.82) is 0 Å².